The summed E-state index contributed by atoms with van der Waals surface area (Å²) in [5, 5.41) is 0. The molecule has 0 bridgehead atoms. The first-order chi connectivity index (χ1) is 13.9. The second-order valence-electron chi connectivity index (χ2n) is 8.50. The number of benzene rings is 2. The zero-order chi connectivity index (χ0) is 20.9. The normalized spacial score (nSPS) is 20.8. The van der Waals surface area contributed by atoms with Gasteiger partial charge in [0.1, 0.15) is 19.0 Å². The molecule has 0 aromatic heterocycles. The molecule has 5 heteroatoms. The van der Waals surface area contributed by atoms with Gasteiger partial charge in [0.15, 0.2) is 5.78 Å². The molecule has 2 atom stereocenters. The van der Waals surface area contributed by atoms with Crippen LogP contribution in [0.25, 0.3) is 0 Å². The molecule has 2 unspecified atom stereocenters. The van der Waals surface area contributed by atoms with Crippen LogP contribution < -0.4 is 0 Å². The van der Waals surface area contributed by atoms with Gasteiger partial charge in [0.05, 0.1) is 20.2 Å². The maximum Gasteiger partial charge on any atom is 0.314 e. The van der Waals surface area contributed by atoms with E-state index >= 15 is 0 Å². The zero-order valence-corrected chi connectivity index (χ0v) is 21.2. The number of methoxy groups -OCH3 is 1. The Labute approximate surface area is 205 Å². The molecule has 0 amide bonds. The first kappa shape index (κ1) is 24.9. The van der Waals surface area contributed by atoms with Gasteiger partial charge in [-0.05, 0) is 43.4 Å². The Hall–Kier alpha value is -1.36. The monoisotopic (exact) mass is 483 g/mol. The molecule has 0 spiro atoms. The van der Waals surface area contributed by atoms with Crippen molar-refractivity contribution in [1.29, 1.82) is 0 Å². The van der Waals surface area contributed by atoms with Crippen LogP contribution in [0.3, 0.4) is 0 Å². The molecule has 1 heterocycles. The van der Waals surface area contributed by atoms with Gasteiger partial charge in [0, 0.05) is 44.7 Å². The number of nitrogens with zero attached hydrogens (tertiary/aromatic N) is 1. The average Bonchev–Trinajstić information content (AvgIpc) is 2.71. The van der Waals surface area contributed by atoms with E-state index in [1.165, 1.54) is 23.8 Å². The molecule has 1 aliphatic heterocycles. The third-order valence-corrected chi connectivity index (χ3v) is 6.22. The molecular formula is C25H32NO3Y+. The number of ketones is 1. The number of esters is 1. The molecule has 2 aromatic rings. The largest absolute Gasteiger partial charge is 0.469 e. The van der Waals surface area contributed by atoms with Gasteiger partial charge >= 0.3 is 5.97 Å². The average molecular weight is 483 g/mol. The van der Waals surface area contributed by atoms with Gasteiger partial charge in [0.25, 0.3) is 0 Å². The molecule has 30 heavy (non-hydrogen) atoms. The standard InChI is InChI=1S/C25H32NO3.Y/c1-19-9-7-10-20(2)24(19)15-23(27)18-26(16-21-11-5-4-6-12-21)14-8-13-22(17-26)25(28)29-3;/h4-7,9-12,22H,8,13-18H2,1-3H3;/q+1;. The van der Waals surface area contributed by atoms with Crippen molar-refractivity contribution in [2.75, 3.05) is 26.7 Å². The van der Waals surface area contributed by atoms with E-state index in [4.69, 9.17) is 4.74 Å². The number of carbonyl (C=O) groups excluding carboxylic acids is 2. The van der Waals surface area contributed by atoms with Crippen molar-refractivity contribution >= 4 is 11.8 Å². The van der Waals surface area contributed by atoms with E-state index in [2.05, 4.69) is 38.1 Å². The number of aryl methyl sites for hydroxylation is 2. The Bertz CT molecular complexity index is 848. The number of quaternary nitrogens is 1. The van der Waals surface area contributed by atoms with Gasteiger partial charge in [-0.25, -0.2) is 0 Å². The third kappa shape index (κ3) is 6.32. The van der Waals surface area contributed by atoms with E-state index < -0.39 is 0 Å². The summed E-state index contributed by atoms with van der Waals surface area (Å²) < 4.78 is 5.66. The minimum Gasteiger partial charge on any atom is -0.469 e. The maximum atomic E-state index is 13.2. The van der Waals surface area contributed by atoms with E-state index in [0.717, 1.165) is 31.5 Å². The Morgan fingerprint density at radius 1 is 1.03 bits per heavy atom. The zero-order valence-electron chi connectivity index (χ0n) is 18.4. The fraction of sp³-hybridized carbons (Fsp3) is 0.440. The fourth-order valence-electron chi connectivity index (χ4n) is 4.75. The summed E-state index contributed by atoms with van der Waals surface area (Å²) in [4.78, 5) is 25.5. The maximum absolute atomic E-state index is 13.2. The molecule has 2 aromatic carbocycles. The van der Waals surface area contributed by atoms with Crippen molar-refractivity contribution in [1.82, 2.24) is 0 Å². The van der Waals surface area contributed by atoms with Gasteiger partial charge in [-0.1, -0.05) is 48.5 Å². The van der Waals surface area contributed by atoms with E-state index in [-0.39, 0.29) is 50.4 Å². The number of piperidine rings is 1. The quantitative estimate of drug-likeness (QED) is 0.442. The smallest absolute Gasteiger partial charge is 0.314 e. The van der Waals surface area contributed by atoms with Gasteiger partial charge in [-0.15, -0.1) is 0 Å². The van der Waals surface area contributed by atoms with Crippen molar-refractivity contribution < 1.29 is 51.5 Å². The molecule has 1 fully saturated rings. The van der Waals surface area contributed by atoms with Crippen LogP contribution in [0.4, 0.5) is 0 Å². The summed E-state index contributed by atoms with van der Waals surface area (Å²) in [5.41, 5.74) is 4.67. The number of hydrogen-bond acceptors (Lipinski definition) is 3. The van der Waals surface area contributed by atoms with Crippen LogP contribution in [-0.2, 0) is 60.0 Å². The van der Waals surface area contributed by atoms with Crippen molar-refractivity contribution in [2.24, 2.45) is 5.92 Å². The van der Waals surface area contributed by atoms with Gasteiger partial charge < -0.3 is 9.22 Å². The van der Waals surface area contributed by atoms with Crippen LogP contribution in [-0.4, -0.2) is 43.0 Å². The second-order valence-corrected chi connectivity index (χ2v) is 8.50. The number of rotatable bonds is 7. The predicted octanol–water partition coefficient (Wildman–Crippen LogP) is 4.01. The summed E-state index contributed by atoms with van der Waals surface area (Å²) in [6, 6.07) is 16.5. The van der Waals surface area contributed by atoms with Crippen molar-refractivity contribution in [3.05, 3.63) is 70.8 Å². The molecular weight excluding hydrogens is 451 g/mol. The van der Waals surface area contributed by atoms with E-state index in [1.54, 1.807) is 0 Å². The number of ether oxygens (including phenoxy) is 1. The summed E-state index contributed by atoms with van der Waals surface area (Å²) in [6.45, 7) is 6.94. The topological polar surface area (TPSA) is 43.4 Å². The minimum atomic E-state index is -0.151. The molecule has 1 saturated heterocycles. The van der Waals surface area contributed by atoms with Crippen LogP contribution in [0.5, 0.6) is 0 Å². The van der Waals surface area contributed by atoms with E-state index in [0.29, 0.717) is 24.0 Å². The molecule has 157 valence electrons. The van der Waals surface area contributed by atoms with E-state index in [9.17, 15) is 9.59 Å². The van der Waals surface area contributed by atoms with Crippen molar-refractivity contribution in [2.45, 2.75) is 39.7 Å². The molecule has 0 aliphatic carbocycles. The molecule has 4 nitrogen and oxygen atoms in total. The Kier molecular flexibility index (Phi) is 9.40. The van der Waals surface area contributed by atoms with Crippen LogP contribution in [0.15, 0.2) is 48.5 Å². The van der Waals surface area contributed by atoms with Gasteiger partial charge in [-0.2, -0.15) is 0 Å². The van der Waals surface area contributed by atoms with Crippen LogP contribution in [0, 0.1) is 19.8 Å². The molecule has 1 radical (unpaired) electrons. The van der Waals surface area contributed by atoms with Crippen molar-refractivity contribution in [3.63, 3.8) is 0 Å². The number of carbonyl (C=O) groups is 2. The van der Waals surface area contributed by atoms with E-state index in [1.807, 2.05) is 24.3 Å². The minimum absolute atomic E-state index is 0. The Morgan fingerprint density at radius 3 is 2.33 bits per heavy atom. The number of Topliss-reactive ketones (excluding diaryl/α,β-unsaturated/α-hetero) is 1. The molecule has 0 saturated carbocycles. The first-order valence-electron chi connectivity index (χ1n) is 10.5. The summed E-state index contributed by atoms with van der Waals surface area (Å²) in [7, 11) is 1.45. The second kappa shape index (κ2) is 11.3. The molecule has 1 aliphatic rings. The summed E-state index contributed by atoms with van der Waals surface area (Å²) >= 11 is 0. The third-order valence-electron chi connectivity index (χ3n) is 6.22. The van der Waals surface area contributed by atoms with Crippen LogP contribution >= 0.6 is 0 Å². The fourth-order valence-corrected chi connectivity index (χ4v) is 4.75. The van der Waals surface area contributed by atoms with Gasteiger partial charge in [0.2, 0.25) is 0 Å². The number of hydrogen-bond donors (Lipinski definition) is 0. The van der Waals surface area contributed by atoms with Gasteiger partial charge in [-0.3, -0.25) is 9.59 Å². The Morgan fingerprint density at radius 2 is 1.70 bits per heavy atom. The molecule has 0 N–H and O–H groups in total. The Balaban J connectivity index is 0.00000320. The summed E-state index contributed by atoms with van der Waals surface area (Å²) in [5.74, 6) is -0.0447. The van der Waals surface area contributed by atoms with Crippen LogP contribution in [0.1, 0.15) is 35.1 Å². The molecule has 3 rings (SSSR count). The van der Waals surface area contributed by atoms with Crippen molar-refractivity contribution in [3.8, 4) is 0 Å². The first-order valence-corrected chi connectivity index (χ1v) is 10.5. The summed E-state index contributed by atoms with van der Waals surface area (Å²) in [6.07, 6.45) is 2.23. The SMILES string of the molecule is COC(=O)C1CCC[N+](CC(=O)Cc2c(C)cccc2C)(Cc2ccccc2)C1.[Y]. The van der Waals surface area contributed by atoms with Crippen LogP contribution in [0.2, 0.25) is 0 Å². The number of likely N-dealkylation sites (tertiary alicyclic amines) is 1. The predicted molar refractivity (Wildman–Crippen MR) is 114 cm³/mol.